The molecule has 3 amide bonds. The van der Waals surface area contributed by atoms with Crippen molar-refractivity contribution >= 4 is 58.7 Å². The van der Waals surface area contributed by atoms with Crippen molar-refractivity contribution < 1.29 is 42.1 Å². The summed E-state index contributed by atoms with van der Waals surface area (Å²) < 4.78 is 41.6. The number of amides is 3. The molecule has 0 radical (unpaired) electrons. The maximum absolute atomic E-state index is 13.1. The smallest absolute Gasteiger partial charge is 0.475 e. The Balaban J connectivity index is 0.000000838. The fraction of sp³-hybridized carbons (Fsp3) is 0.250. The Morgan fingerprint density at radius 2 is 1.69 bits per heavy atom. The van der Waals surface area contributed by atoms with Crippen LogP contribution >= 0.6 is 35.0 Å². The number of methoxy groups -OCH3 is 1. The van der Waals surface area contributed by atoms with Crippen LogP contribution in [0.1, 0.15) is 23.0 Å². The molecule has 49 heavy (non-hydrogen) atoms. The number of ether oxygens (including phenoxy) is 2. The van der Waals surface area contributed by atoms with Gasteiger partial charge in [0.25, 0.3) is 0 Å². The average molecular weight is 743 g/mol. The van der Waals surface area contributed by atoms with Crippen LogP contribution in [-0.2, 0) is 27.2 Å². The van der Waals surface area contributed by atoms with Crippen LogP contribution < -0.4 is 16.0 Å². The highest BCUT2D eigenvalue weighted by atomic mass is 35.5. The molecule has 262 valence electrons. The number of carboxylic acid groups (broad SMARTS) is 1. The van der Waals surface area contributed by atoms with Gasteiger partial charge in [-0.15, -0.1) is 11.8 Å². The number of hydrogen-bond acceptors (Lipinski definition) is 7. The van der Waals surface area contributed by atoms with Crippen molar-refractivity contribution in [2.45, 2.75) is 30.1 Å². The predicted octanol–water partition coefficient (Wildman–Crippen LogP) is 7.72. The number of carboxylic acids is 1. The third-order valence-electron chi connectivity index (χ3n) is 6.45. The fourth-order valence-corrected chi connectivity index (χ4v) is 5.18. The lowest BCUT2D eigenvalue weighted by atomic mass is 10.1. The van der Waals surface area contributed by atoms with Crippen molar-refractivity contribution in [1.29, 1.82) is 0 Å². The Morgan fingerprint density at radius 3 is 2.31 bits per heavy atom. The minimum Gasteiger partial charge on any atom is -0.475 e. The Bertz CT molecular complexity index is 1700. The highest BCUT2D eigenvalue weighted by Crippen LogP contribution is 2.30. The maximum Gasteiger partial charge on any atom is 0.490 e. The van der Waals surface area contributed by atoms with Gasteiger partial charge in [0.05, 0.1) is 12.6 Å². The molecule has 17 heteroatoms. The molecule has 4 aromatic rings. The van der Waals surface area contributed by atoms with Crippen molar-refractivity contribution in [1.82, 2.24) is 20.6 Å². The van der Waals surface area contributed by atoms with Crippen LogP contribution in [-0.4, -0.2) is 65.9 Å². The number of aliphatic carboxylic acids is 1. The number of thioether (sulfide) groups is 1. The average Bonchev–Trinajstić information content (AvgIpc) is 3.45. The molecule has 3 aromatic carbocycles. The first kappa shape index (κ1) is 39.0. The molecule has 0 saturated carbocycles. The van der Waals surface area contributed by atoms with Gasteiger partial charge in [0, 0.05) is 34.8 Å². The minimum atomic E-state index is -5.08. The number of benzene rings is 3. The van der Waals surface area contributed by atoms with E-state index in [0.717, 1.165) is 21.6 Å². The lowest BCUT2D eigenvalue weighted by molar-refractivity contribution is -0.192. The van der Waals surface area contributed by atoms with Crippen LogP contribution in [0.15, 0.2) is 77.7 Å². The van der Waals surface area contributed by atoms with E-state index in [0.29, 0.717) is 47.0 Å². The molecule has 0 aliphatic heterocycles. The first-order chi connectivity index (χ1) is 23.3. The Morgan fingerprint density at radius 1 is 1.02 bits per heavy atom. The summed E-state index contributed by atoms with van der Waals surface area (Å²) in [5.74, 6) is -2.25. The lowest BCUT2D eigenvalue weighted by Gasteiger charge is -2.18. The largest absolute Gasteiger partial charge is 0.490 e. The third-order valence-corrected chi connectivity index (χ3v) is 7.79. The van der Waals surface area contributed by atoms with Gasteiger partial charge in [0.1, 0.15) is 23.3 Å². The second-order valence-electron chi connectivity index (χ2n) is 9.94. The molecule has 5 N–H and O–H groups in total. The van der Waals surface area contributed by atoms with Crippen molar-refractivity contribution in [2.75, 3.05) is 31.9 Å². The lowest BCUT2D eigenvalue weighted by Crippen LogP contribution is -2.38. The number of hydrogen-bond donors (Lipinski definition) is 5. The number of nitrogens with zero attached hydrogens (tertiary/aromatic N) is 1. The molecule has 1 atom stereocenters. The molecular weight excluding hydrogens is 710 g/mol. The van der Waals surface area contributed by atoms with Crippen LogP contribution in [0.5, 0.6) is 0 Å². The van der Waals surface area contributed by atoms with Gasteiger partial charge < -0.3 is 30.2 Å². The summed E-state index contributed by atoms with van der Waals surface area (Å²) in [6.07, 6.45) is -3.20. The molecule has 0 unspecified atom stereocenters. The predicted molar refractivity (Wildman–Crippen MR) is 181 cm³/mol. The van der Waals surface area contributed by atoms with Crippen LogP contribution in [0, 0.1) is 0 Å². The standard InChI is InChI=1S/C30H31Cl2N5O4S.C2HF3O2/c1-40-14-15-41-30(39)34-23-11-8-20(9-12-23)26-27(32)37-28(36-26)24(16-19-6-4-3-5-7-19)35-29(38)33-18-21-17-22(31)10-13-25(21)42-2;3-2(4,5)1(6)7/h3-13,17,24H,14-16,18H2,1-2H3,(H,34,39)(H,36,37)(H2,33,35,38);(H,6,7)/t24-;/m0./s1. The molecule has 0 bridgehead atoms. The number of anilines is 1. The summed E-state index contributed by atoms with van der Waals surface area (Å²) in [6, 6.07) is 21.6. The van der Waals surface area contributed by atoms with E-state index >= 15 is 0 Å². The SMILES string of the molecule is COCCOC(=O)Nc1ccc(-c2nc([C@H](Cc3ccccc3)NC(=O)NCc3cc(Cl)ccc3SC)[nH]c2Cl)cc1.O=C(O)C(F)(F)F. The van der Waals surface area contributed by atoms with Gasteiger partial charge in [-0.1, -0.05) is 65.7 Å². The summed E-state index contributed by atoms with van der Waals surface area (Å²) in [7, 11) is 1.53. The van der Waals surface area contributed by atoms with Crippen molar-refractivity contribution in [3.63, 3.8) is 0 Å². The van der Waals surface area contributed by atoms with Crippen molar-refractivity contribution in [3.8, 4) is 11.3 Å². The van der Waals surface area contributed by atoms with Crippen LogP contribution in [0.2, 0.25) is 10.2 Å². The monoisotopic (exact) mass is 741 g/mol. The number of urea groups is 1. The molecular formula is C32H32Cl2F3N5O6S. The number of nitrogens with one attached hydrogen (secondary N) is 4. The highest BCUT2D eigenvalue weighted by molar-refractivity contribution is 7.98. The summed E-state index contributed by atoms with van der Waals surface area (Å²) in [5.41, 5.74) is 3.75. The Kier molecular flexibility index (Phi) is 15.1. The van der Waals surface area contributed by atoms with Crippen LogP contribution in [0.3, 0.4) is 0 Å². The van der Waals surface area contributed by atoms with E-state index in [-0.39, 0.29) is 12.6 Å². The summed E-state index contributed by atoms with van der Waals surface area (Å²) in [6.45, 7) is 0.780. The number of alkyl halides is 3. The second kappa shape index (κ2) is 18.9. The second-order valence-corrected chi connectivity index (χ2v) is 11.6. The summed E-state index contributed by atoms with van der Waals surface area (Å²) in [5, 5.41) is 16.7. The van der Waals surface area contributed by atoms with Crippen molar-refractivity contribution in [2.24, 2.45) is 0 Å². The molecule has 0 aliphatic carbocycles. The number of halogens is 5. The van der Waals surface area contributed by atoms with Gasteiger partial charge >= 0.3 is 24.3 Å². The topological polar surface area (TPSA) is 155 Å². The number of carbonyl (C=O) groups is 3. The quantitative estimate of drug-likeness (QED) is 0.0731. The molecule has 0 saturated heterocycles. The number of imidazole rings is 1. The zero-order valence-electron chi connectivity index (χ0n) is 26.1. The van der Waals surface area contributed by atoms with E-state index in [1.54, 1.807) is 36.0 Å². The van der Waals surface area contributed by atoms with E-state index in [4.69, 9.17) is 47.6 Å². The van der Waals surface area contributed by atoms with Gasteiger partial charge in [-0.2, -0.15) is 13.2 Å². The van der Waals surface area contributed by atoms with Crippen molar-refractivity contribution in [3.05, 3.63) is 99.9 Å². The summed E-state index contributed by atoms with van der Waals surface area (Å²) >= 11 is 14.3. The van der Waals surface area contributed by atoms with Gasteiger partial charge in [0.2, 0.25) is 0 Å². The van der Waals surface area contributed by atoms with Crippen LogP contribution in [0.25, 0.3) is 11.3 Å². The van der Waals surface area contributed by atoms with Crippen LogP contribution in [0.4, 0.5) is 28.4 Å². The van der Waals surface area contributed by atoms with E-state index in [1.807, 2.05) is 54.8 Å². The molecule has 11 nitrogen and oxygen atoms in total. The molecule has 0 aliphatic rings. The molecule has 0 spiro atoms. The van der Waals surface area contributed by atoms with E-state index < -0.39 is 24.3 Å². The van der Waals surface area contributed by atoms with Gasteiger partial charge in [-0.25, -0.2) is 19.4 Å². The highest BCUT2D eigenvalue weighted by Gasteiger charge is 2.38. The summed E-state index contributed by atoms with van der Waals surface area (Å²) in [4.78, 5) is 42.8. The normalized spacial score (nSPS) is 11.5. The number of aromatic amines is 1. The van der Waals surface area contributed by atoms with Gasteiger partial charge in [0.15, 0.2) is 0 Å². The fourth-order valence-electron chi connectivity index (χ4n) is 4.14. The minimum absolute atomic E-state index is 0.154. The number of rotatable bonds is 12. The number of H-pyrrole nitrogens is 1. The molecule has 1 heterocycles. The third kappa shape index (κ3) is 12.8. The molecule has 4 rings (SSSR count). The van der Waals surface area contributed by atoms with E-state index in [2.05, 4.69) is 20.9 Å². The van der Waals surface area contributed by atoms with Gasteiger partial charge in [-0.05, 0) is 54.1 Å². The zero-order chi connectivity index (χ0) is 36.0. The maximum atomic E-state index is 13.1. The molecule has 1 aromatic heterocycles. The molecule has 0 fully saturated rings. The zero-order valence-corrected chi connectivity index (χ0v) is 28.4. The Hall–Kier alpha value is -4.44. The first-order valence-electron chi connectivity index (χ1n) is 14.3. The van der Waals surface area contributed by atoms with E-state index in [1.165, 1.54) is 7.11 Å². The first-order valence-corrected chi connectivity index (χ1v) is 16.3. The van der Waals surface area contributed by atoms with E-state index in [9.17, 15) is 22.8 Å². The number of carbonyl (C=O) groups excluding carboxylic acids is 2. The number of aromatic nitrogens is 2. The van der Waals surface area contributed by atoms with Gasteiger partial charge in [-0.3, -0.25) is 5.32 Å². The Labute approximate surface area is 293 Å².